The van der Waals surface area contributed by atoms with Gasteiger partial charge in [0.2, 0.25) is 0 Å². The Morgan fingerprint density at radius 3 is 2.32 bits per heavy atom. The Morgan fingerprint density at radius 1 is 1.18 bits per heavy atom. The molecule has 0 saturated carbocycles. The van der Waals surface area contributed by atoms with Crippen LogP contribution in [0.5, 0.6) is 0 Å². The van der Waals surface area contributed by atoms with Crippen LogP contribution in [0.4, 0.5) is 0 Å². The Hall–Kier alpha value is -1.61. The number of hydrogen-bond acceptors (Lipinski definition) is 1. The molecular weight excluding hydrogens is 360 g/mol. The van der Waals surface area contributed by atoms with Crippen LogP contribution < -0.4 is 0 Å². The van der Waals surface area contributed by atoms with Crippen molar-refractivity contribution in [2.24, 2.45) is 11.3 Å². The predicted octanol–water partition coefficient (Wildman–Crippen LogP) is 7.56. The number of allylic oxidation sites excluding steroid dienone is 9. The van der Waals surface area contributed by atoms with Gasteiger partial charge in [-0.1, -0.05) is 81.9 Å². The average molecular weight is 401 g/mol. The highest BCUT2D eigenvalue weighted by atomic mass is 28.3. The van der Waals surface area contributed by atoms with Gasteiger partial charge in [0.25, 0.3) is 0 Å². The summed E-state index contributed by atoms with van der Waals surface area (Å²) in [6, 6.07) is 0. The van der Waals surface area contributed by atoms with E-state index in [2.05, 4.69) is 66.4 Å². The summed E-state index contributed by atoms with van der Waals surface area (Å²) in [6.45, 7) is 21.0. The molecule has 156 valence electrons. The fourth-order valence-electron chi connectivity index (χ4n) is 4.32. The van der Waals surface area contributed by atoms with Crippen molar-refractivity contribution in [3.63, 3.8) is 0 Å². The molecule has 1 aliphatic carbocycles. The molecule has 0 bridgehead atoms. The molecule has 0 aromatic heterocycles. The second-order valence-electron chi connectivity index (χ2n) is 10.0. The van der Waals surface area contributed by atoms with Crippen molar-refractivity contribution in [1.82, 2.24) is 0 Å². The van der Waals surface area contributed by atoms with Crippen LogP contribution in [0.15, 0.2) is 58.7 Å². The van der Waals surface area contributed by atoms with E-state index in [1.807, 2.05) is 18.2 Å². The maximum absolute atomic E-state index is 10.7. The van der Waals surface area contributed by atoms with Crippen LogP contribution in [0.3, 0.4) is 0 Å². The highest BCUT2D eigenvalue weighted by Crippen LogP contribution is 2.52. The molecule has 0 heterocycles. The van der Waals surface area contributed by atoms with Gasteiger partial charge >= 0.3 is 5.97 Å². The molecule has 2 atom stereocenters. The van der Waals surface area contributed by atoms with Gasteiger partial charge in [0, 0.05) is 14.1 Å². The maximum atomic E-state index is 10.7. The van der Waals surface area contributed by atoms with Crippen molar-refractivity contribution in [2.75, 3.05) is 0 Å². The van der Waals surface area contributed by atoms with E-state index in [1.165, 1.54) is 30.1 Å². The minimum Gasteiger partial charge on any atom is -0.478 e. The normalized spacial score (nSPS) is 23.0. The van der Waals surface area contributed by atoms with E-state index in [4.69, 9.17) is 5.11 Å². The largest absolute Gasteiger partial charge is 0.478 e. The Morgan fingerprint density at radius 2 is 1.79 bits per heavy atom. The van der Waals surface area contributed by atoms with E-state index in [0.29, 0.717) is 0 Å². The molecule has 0 radical (unpaired) electrons. The molecule has 0 amide bonds. The van der Waals surface area contributed by atoms with Crippen molar-refractivity contribution in [3.8, 4) is 0 Å². The van der Waals surface area contributed by atoms with E-state index in [1.54, 1.807) is 6.92 Å². The fraction of sp³-hybridized carbons (Fsp3) is 0.560. The zero-order valence-electron chi connectivity index (χ0n) is 19.4. The molecule has 1 N–H and O–H groups in total. The summed E-state index contributed by atoms with van der Waals surface area (Å²) in [5, 5.41) is 8.77. The Kier molecular flexibility index (Phi) is 8.49. The molecule has 2 nitrogen and oxygen atoms in total. The second kappa shape index (κ2) is 9.73. The third-order valence-corrected chi connectivity index (χ3v) is 9.60. The smallest absolute Gasteiger partial charge is 0.328 e. The van der Waals surface area contributed by atoms with Gasteiger partial charge in [-0.2, -0.15) is 0 Å². The summed E-state index contributed by atoms with van der Waals surface area (Å²) < 4.78 is 0. The molecule has 0 spiro atoms. The molecule has 3 heteroatoms. The molecule has 0 aromatic carbocycles. The SMILES string of the molecule is CC1=C(/C=C/C(C)=C/C=C/C(C)=C/C(=O)O)C(C)(C)C(C(C)[Si](C)(C)C)CC1. The van der Waals surface area contributed by atoms with Gasteiger partial charge in [-0.05, 0) is 61.6 Å². The van der Waals surface area contributed by atoms with E-state index in [0.717, 1.165) is 22.6 Å². The molecule has 2 unspecified atom stereocenters. The molecule has 0 saturated heterocycles. The molecule has 28 heavy (non-hydrogen) atoms. The molecular formula is C25H40O2Si. The minimum absolute atomic E-state index is 0.190. The van der Waals surface area contributed by atoms with Gasteiger partial charge in [-0.3, -0.25) is 0 Å². The zero-order valence-corrected chi connectivity index (χ0v) is 20.4. The summed E-state index contributed by atoms with van der Waals surface area (Å²) in [7, 11) is -1.19. The zero-order chi connectivity index (χ0) is 21.7. The highest BCUT2D eigenvalue weighted by molar-refractivity contribution is 6.77. The van der Waals surface area contributed by atoms with Gasteiger partial charge in [-0.15, -0.1) is 0 Å². The third kappa shape index (κ3) is 6.77. The Balaban J connectivity index is 3.03. The lowest BCUT2D eigenvalue weighted by atomic mass is 9.64. The Labute approximate surface area is 173 Å². The minimum atomic E-state index is -1.19. The molecule has 1 aliphatic rings. The van der Waals surface area contributed by atoms with Crippen molar-refractivity contribution < 1.29 is 9.90 Å². The van der Waals surface area contributed by atoms with Gasteiger partial charge in [0.1, 0.15) is 0 Å². The number of carboxylic acids is 1. The van der Waals surface area contributed by atoms with E-state index < -0.39 is 14.0 Å². The molecule has 0 fully saturated rings. The van der Waals surface area contributed by atoms with E-state index >= 15 is 0 Å². The topological polar surface area (TPSA) is 37.3 Å². The van der Waals surface area contributed by atoms with Crippen LogP contribution in [-0.4, -0.2) is 19.1 Å². The molecule has 0 aliphatic heterocycles. The lowest BCUT2D eigenvalue weighted by molar-refractivity contribution is -0.131. The van der Waals surface area contributed by atoms with Crippen LogP contribution in [0.1, 0.15) is 54.4 Å². The summed E-state index contributed by atoms with van der Waals surface area (Å²) in [6.07, 6.45) is 14.0. The van der Waals surface area contributed by atoms with Crippen LogP contribution in [0.25, 0.3) is 0 Å². The van der Waals surface area contributed by atoms with Crippen molar-refractivity contribution in [2.45, 2.75) is 79.6 Å². The third-order valence-electron chi connectivity index (χ3n) is 6.46. The fourth-order valence-corrected chi connectivity index (χ4v) is 6.11. The first-order valence-electron chi connectivity index (χ1n) is 10.4. The quantitative estimate of drug-likeness (QED) is 0.272. The summed E-state index contributed by atoms with van der Waals surface area (Å²) >= 11 is 0. The standard InChI is InChI=1S/C25H40O2Si/c1-18(11-10-12-19(2)17-24(26)27)13-15-22-20(3)14-16-23(25(22,5)6)21(4)28(7,8)9/h10-13,15,17,21,23H,14,16H2,1-9H3,(H,26,27)/b12-10+,15-13+,18-11+,19-17+. The van der Waals surface area contributed by atoms with Crippen LogP contribution in [-0.2, 0) is 4.79 Å². The first-order chi connectivity index (χ1) is 12.8. The van der Waals surface area contributed by atoms with Crippen molar-refractivity contribution >= 4 is 14.0 Å². The van der Waals surface area contributed by atoms with Crippen LogP contribution >= 0.6 is 0 Å². The predicted molar refractivity (Wildman–Crippen MR) is 125 cm³/mol. The molecule has 1 rings (SSSR count). The van der Waals surface area contributed by atoms with Crippen molar-refractivity contribution in [3.05, 3.63) is 58.7 Å². The van der Waals surface area contributed by atoms with Gasteiger partial charge in [0.05, 0.1) is 0 Å². The first kappa shape index (κ1) is 24.4. The number of carbonyl (C=O) groups is 1. The average Bonchev–Trinajstić information content (AvgIpc) is 2.52. The number of rotatable bonds is 7. The maximum Gasteiger partial charge on any atom is 0.328 e. The van der Waals surface area contributed by atoms with E-state index in [9.17, 15) is 4.79 Å². The Bertz CT molecular complexity index is 724. The second-order valence-corrected chi connectivity index (χ2v) is 15.7. The van der Waals surface area contributed by atoms with E-state index in [-0.39, 0.29) is 5.41 Å². The lowest BCUT2D eigenvalue weighted by Crippen LogP contribution is -2.40. The van der Waals surface area contributed by atoms with Crippen molar-refractivity contribution in [1.29, 1.82) is 0 Å². The monoisotopic (exact) mass is 400 g/mol. The number of aliphatic carboxylic acids is 1. The summed E-state index contributed by atoms with van der Waals surface area (Å²) in [5.41, 5.74) is 5.89. The van der Waals surface area contributed by atoms with Gasteiger partial charge in [-0.25, -0.2) is 4.79 Å². The van der Waals surface area contributed by atoms with Gasteiger partial charge in [0.15, 0.2) is 0 Å². The lowest BCUT2D eigenvalue weighted by Gasteiger charge is -2.47. The number of carboxylic acid groups (broad SMARTS) is 1. The summed E-state index contributed by atoms with van der Waals surface area (Å²) in [5.74, 6) is -0.178. The van der Waals surface area contributed by atoms with Gasteiger partial charge < -0.3 is 5.11 Å². The molecule has 0 aromatic rings. The first-order valence-corrected chi connectivity index (χ1v) is 14.0. The highest BCUT2D eigenvalue weighted by Gasteiger charge is 2.42. The van der Waals surface area contributed by atoms with Crippen LogP contribution in [0.2, 0.25) is 25.2 Å². The summed E-state index contributed by atoms with van der Waals surface area (Å²) in [4.78, 5) is 10.7. The number of hydrogen-bond donors (Lipinski definition) is 1. The van der Waals surface area contributed by atoms with Crippen LogP contribution in [0, 0.1) is 11.3 Å².